The zero-order valence-electron chi connectivity index (χ0n) is 16.3. The first kappa shape index (κ1) is 20.2. The van der Waals surface area contributed by atoms with Crippen LogP contribution in [0.1, 0.15) is 22.3 Å². The summed E-state index contributed by atoms with van der Waals surface area (Å²) in [6.07, 6.45) is 0.937. The number of nitrogens with zero attached hydrogens (tertiary/aromatic N) is 3. The minimum atomic E-state index is -0.210. The summed E-state index contributed by atoms with van der Waals surface area (Å²) in [6, 6.07) is 5.10. The molecule has 144 valence electrons. The Labute approximate surface area is 156 Å². The van der Waals surface area contributed by atoms with Crippen LogP contribution in [0.5, 0.6) is 0 Å². The van der Waals surface area contributed by atoms with E-state index in [-0.39, 0.29) is 11.9 Å². The number of hydrogen-bond acceptors (Lipinski definition) is 4. The maximum absolute atomic E-state index is 12.1. The molecule has 2 rings (SSSR count). The molecule has 26 heavy (non-hydrogen) atoms. The van der Waals surface area contributed by atoms with Crippen LogP contribution in [0.4, 0.5) is 10.5 Å². The van der Waals surface area contributed by atoms with Gasteiger partial charge in [-0.15, -0.1) is 0 Å². The smallest absolute Gasteiger partial charge is 0.319 e. The van der Waals surface area contributed by atoms with Crippen LogP contribution in [-0.4, -0.2) is 87.0 Å². The lowest BCUT2D eigenvalue weighted by Crippen LogP contribution is -2.45. The summed E-state index contributed by atoms with van der Waals surface area (Å²) < 4.78 is 0. The van der Waals surface area contributed by atoms with Crippen LogP contribution < -0.4 is 10.6 Å². The standard InChI is InChI=1S/C19H31N5O2/c1-15-14-16(18(25)22(2)3)6-7-17(15)21-19(26)20-8-5-9-24-12-10-23(4)11-13-24/h6-7,14H,5,8-13H2,1-4H3,(H2,20,21,26). The van der Waals surface area contributed by atoms with E-state index in [2.05, 4.69) is 27.5 Å². The topological polar surface area (TPSA) is 67.9 Å². The van der Waals surface area contributed by atoms with E-state index in [0.717, 1.165) is 50.4 Å². The van der Waals surface area contributed by atoms with Crippen molar-refractivity contribution in [3.05, 3.63) is 29.3 Å². The molecule has 2 N–H and O–H groups in total. The summed E-state index contributed by atoms with van der Waals surface area (Å²) in [6.45, 7) is 7.96. The molecule has 0 radical (unpaired) electrons. The van der Waals surface area contributed by atoms with Crippen molar-refractivity contribution in [1.82, 2.24) is 20.0 Å². The molecule has 1 heterocycles. The van der Waals surface area contributed by atoms with Crippen molar-refractivity contribution in [3.8, 4) is 0 Å². The molecule has 1 aromatic carbocycles. The zero-order valence-corrected chi connectivity index (χ0v) is 16.3. The summed E-state index contributed by atoms with van der Waals surface area (Å²) >= 11 is 0. The van der Waals surface area contributed by atoms with Crippen molar-refractivity contribution >= 4 is 17.6 Å². The van der Waals surface area contributed by atoms with Gasteiger partial charge in [-0.25, -0.2) is 4.79 Å². The van der Waals surface area contributed by atoms with Crippen LogP contribution in [0.3, 0.4) is 0 Å². The molecule has 0 aromatic heterocycles. The van der Waals surface area contributed by atoms with Gasteiger partial charge >= 0.3 is 6.03 Å². The highest BCUT2D eigenvalue weighted by Gasteiger charge is 2.13. The fraction of sp³-hybridized carbons (Fsp3) is 0.579. The normalized spacial score (nSPS) is 15.5. The van der Waals surface area contributed by atoms with Gasteiger partial charge in [-0.3, -0.25) is 4.79 Å². The number of hydrogen-bond donors (Lipinski definition) is 2. The van der Waals surface area contributed by atoms with Gasteiger partial charge in [0.1, 0.15) is 0 Å². The molecule has 1 aliphatic heterocycles. The van der Waals surface area contributed by atoms with E-state index in [1.807, 2.05) is 6.92 Å². The molecule has 3 amide bonds. The van der Waals surface area contributed by atoms with Crippen LogP contribution in [0.15, 0.2) is 18.2 Å². The first-order valence-corrected chi connectivity index (χ1v) is 9.15. The van der Waals surface area contributed by atoms with Crippen LogP contribution in [0, 0.1) is 6.92 Å². The molecule has 0 unspecified atom stereocenters. The third-order valence-electron chi connectivity index (χ3n) is 4.66. The first-order chi connectivity index (χ1) is 12.4. The van der Waals surface area contributed by atoms with E-state index in [0.29, 0.717) is 12.1 Å². The van der Waals surface area contributed by atoms with E-state index >= 15 is 0 Å². The first-order valence-electron chi connectivity index (χ1n) is 9.15. The third kappa shape index (κ3) is 6.00. The Bertz CT molecular complexity index is 624. The highest BCUT2D eigenvalue weighted by Crippen LogP contribution is 2.17. The second-order valence-electron chi connectivity index (χ2n) is 7.11. The third-order valence-corrected chi connectivity index (χ3v) is 4.66. The lowest BCUT2D eigenvalue weighted by atomic mass is 10.1. The summed E-state index contributed by atoms with van der Waals surface area (Å²) in [5.74, 6) is -0.0481. The quantitative estimate of drug-likeness (QED) is 0.753. The maximum atomic E-state index is 12.1. The lowest BCUT2D eigenvalue weighted by Gasteiger charge is -2.32. The largest absolute Gasteiger partial charge is 0.345 e. The molecule has 1 aliphatic rings. The number of aryl methyl sites for hydroxylation is 1. The fourth-order valence-electron chi connectivity index (χ4n) is 2.94. The van der Waals surface area contributed by atoms with Crippen LogP contribution >= 0.6 is 0 Å². The molecule has 0 saturated carbocycles. The summed E-state index contributed by atoms with van der Waals surface area (Å²) in [4.78, 5) is 30.3. The SMILES string of the molecule is Cc1cc(C(=O)N(C)C)ccc1NC(=O)NCCCN1CCN(C)CC1. The monoisotopic (exact) mass is 361 g/mol. The number of carbonyl (C=O) groups is 2. The van der Waals surface area contributed by atoms with Gasteiger partial charge in [0.25, 0.3) is 5.91 Å². The number of likely N-dealkylation sites (N-methyl/N-ethyl adjacent to an activating group) is 1. The number of piperazine rings is 1. The Morgan fingerprint density at radius 3 is 2.46 bits per heavy atom. The summed E-state index contributed by atoms with van der Waals surface area (Å²) in [5.41, 5.74) is 2.20. The Morgan fingerprint density at radius 1 is 1.15 bits per heavy atom. The van der Waals surface area contributed by atoms with Crippen molar-refractivity contribution < 1.29 is 9.59 Å². The molecule has 0 atom stereocenters. The van der Waals surface area contributed by atoms with Crippen molar-refractivity contribution in [3.63, 3.8) is 0 Å². The second-order valence-corrected chi connectivity index (χ2v) is 7.11. The Morgan fingerprint density at radius 2 is 1.85 bits per heavy atom. The van der Waals surface area contributed by atoms with Crippen LogP contribution in [0.25, 0.3) is 0 Å². The minimum absolute atomic E-state index is 0.0481. The van der Waals surface area contributed by atoms with Gasteiger partial charge in [0, 0.05) is 58.1 Å². The van der Waals surface area contributed by atoms with Gasteiger partial charge in [0.05, 0.1) is 0 Å². The van der Waals surface area contributed by atoms with Crippen molar-refractivity contribution in [2.24, 2.45) is 0 Å². The van der Waals surface area contributed by atoms with Gasteiger partial charge in [0.2, 0.25) is 0 Å². The minimum Gasteiger partial charge on any atom is -0.345 e. The highest BCUT2D eigenvalue weighted by atomic mass is 16.2. The number of urea groups is 1. The molecule has 1 aromatic rings. The van der Waals surface area contributed by atoms with Crippen molar-refractivity contribution in [1.29, 1.82) is 0 Å². The Kier molecular flexibility index (Phi) is 7.41. The second kappa shape index (κ2) is 9.54. The summed E-state index contributed by atoms with van der Waals surface area (Å²) in [5, 5.41) is 5.75. The van der Waals surface area contributed by atoms with Crippen LogP contribution in [-0.2, 0) is 0 Å². The fourth-order valence-corrected chi connectivity index (χ4v) is 2.94. The van der Waals surface area contributed by atoms with E-state index in [9.17, 15) is 9.59 Å². The molecule has 0 spiro atoms. The average Bonchev–Trinajstić information content (AvgIpc) is 2.61. The zero-order chi connectivity index (χ0) is 19.1. The van der Waals surface area contributed by atoms with Crippen molar-refractivity contribution in [2.75, 3.05) is 65.7 Å². The number of amides is 3. The average molecular weight is 361 g/mol. The molecule has 0 bridgehead atoms. The number of nitrogens with one attached hydrogen (secondary N) is 2. The van der Waals surface area contributed by atoms with Gasteiger partial charge in [-0.1, -0.05) is 0 Å². The lowest BCUT2D eigenvalue weighted by molar-refractivity contribution is 0.0827. The molecule has 1 saturated heterocycles. The molecular formula is C19H31N5O2. The van der Waals surface area contributed by atoms with E-state index in [1.54, 1.807) is 32.3 Å². The molecule has 7 heteroatoms. The van der Waals surface area contributed by atoms with E-state index in [1.165, 1.54) is 4.90 Å². The molecule has 0 aliphatic carbocycles. The van der Waals surface area contributed by atoms with E-state index < -0.39 is 0 Å². The van der Waals surface area contributed by atoms with Crippen molar-refractivity contribution in [2.45, 2.75) is 13.3 Å². The van der Waals surface area contributed by atoms with Gasteiger partial charge < -0.3 is 25.3 Å². The van der Waals surface area contributed by atoms with Gasteiger partial charge in [-0.05, 0) is 50.7 Å². The number of anilines is 1. The maximum Gasteiger partial charge on any atom is 0.319 e. The summed E-state index contributed by atoms with van der Waals surface area (Å²) in [7, 11) is 5.59. The highest BCUT2D eigenvalue weighted by molar-refractivity contribution is 5.96. The Balaban J connectivity index is 1.73. The van der Waals surface area contributed by atoms with Gasteiger partial charge in [0.15, 0.2) is 0 Å². The predicted molar refractivity (Wildman–Crippen MR) is 105 cm³/mol. The predicted octanol–water partition coefficient (Wildman–Crippen LogP) is 1.46. The molecule has 1 fully saturated rings. The number of benzene rings is 1. The van der Waals surface area contributed by atoms with Gasteiger partial charge in [-0.2, -0.15) is 0 Å². The van der Waals surface area contributed by atoms with Crippen LogP contribution in [0.2, 0.25) is 0 Å². The Hall–Kier alpha value is -2.12. The van der Waals surface area contributed by atoms with E-state index in [4.69, 9.17) is 0 Å². The number of rotatable bonds is 6. The molecule has 7 nitrogen and oxygen atoms in total. The molecular weight excluding hydrogens is 330 g/mol. The number of carbonyl (C=O) groups excluding carboxylic acids is 2.